The minimum Gasteiger partial charge on any atom is -0.370 e. The Bertz CT molecular complexity index is 532. The van der Waals surface area contributed by atoms with Gasteiger partial charge in [-0.3, -0.25) is 4.79 Å². The molecule has 2 aliphatic rings. The SMILES string of the molecule is CC1CC[NH+](CC(=O)NCc2ccc(C[NH+]3CCOCC3)cc2)CC1. The van der Waals surface area contributed by atoms with Crippen molar-refractivity contribution in [2.45, 2.75) is 32.9 Å². The van der Waals surface area contributed by atoms with Crippen LogP contribution in [0.1, 0.15) is 30.9 Å². The highest BCUT2D eigenvalue weighted by Gasteiger charge is 2.21. The molecule has 0 aliphatic carbocycles. The molecule has 2 saturated heterocycles. The fraction of sp³-hybridized carbons (Fsp3) is 0.650. The first-order valence-corrected chi connectivity index (χ1v) is 9.78. The first-order chi connectivity index (χ1) is 12.2. The lowest BCUT2D eigenvalue weighted by Crippen LogP contribution is -3.14. The first-order valence-electron chi connectivity index (χ1n) is 9.78. The average molecular weight is 348 g/mol. The van der Waals surface area contributed by atoms with E-state index in [9.17, 15) is 4.79 Å². The van der Waals surface area contributed by atoms with Crippen LogP contribution in [-0.4, -0.2) is 51.8 Å². The maximum absolute atomic E-state index is 12.1. The Kier molecular flexibility index (Phi) is 6.84. The Morgan fingerprint density at radius 1 is 1.04 bits per heavy atom. The predicted octanol–water partition coefficient (Wildman–Crippen LogP) is -0.967. The molecule has 138 valence electrons. The molecule has 1 amide bonds. The molecule has 1 aromatic carbocycles. The normalized spacial score (nSPS) is 24.8. The van der Waals surface area contributed by atoms with Crippen molar-refractivity contribution in [1.82, 2.24) is 5.32 Å². The van der Waals surface area contributed by atoms with Crippen LogP contribution >= 0.6 is 0 Å². The number of amides is 1. The van der Waals surface area contributed by atoms with E-state index in [4.69, 9.17) is 4.74 Å². The summed E-state index contributed by atoms with van der Waals surface area (Å²) in [5, 5.41) is 3.08. The van der Waals surface area contributed by atoms with Gasteiger partial charge in [-0.05, 0) is 24.3 Å². The van der Waals surface area contributed by atoms with E-state index in [1.807, 2.05) is 0 Å². The Labute approximate surface area is 151 Å². The lowest BCUT2D eigenvalue weighted by Gasteiger charge is -2.26. The number of nitrogens with one attached hydrogen (secondary N) is 3. The molecule has 0 saturated carbocycles. The van der Waals surface area contributed by atoms with Gasteiger partial charge >= 0.3 is 0 Å². The number of hydrogen-bond donors (Lipinski definition) is 3. The van der Waals surface area contributed by atoms with Gasteiger partial charge in [0.05, 0.1) is 26.3 Å². The number of morpholine rings is 1. The molecule has 0 atom stereocenters. The molecule has 3 N–H and O–H groups in total. The Morgan fingerprint density at radius 3 is 2.36 bits per heavy atom. The van der Waals surface area contributed by atoms with Crippen molar-refractivity contribution in [3.63, 3.8) is 0 Å². The highest BCUT2D eigenvalue weighted by molar-refractivity contribution is 5.76. The zero-order valence-electron chi connectivity index (χ0n) is 15.5. The quantitative estimate of drug-likeness (QED) is 0.620. The highest BCUT2D eigenvalue weighted by Crippen LogP contribution is 2.06. The molecule has 2 fully saturated rings. The van der Waals surface area contributed by atoms with Crippen LogP contribution in [-0.2, 0) is 22.6 Å². The van der Waals surface area contributed by atoms with Crippen molar-refractivity contribution in [1.29, 1.82) is 0 Å². The Balaban J connectivity index is 1.38. The van der Waals surface area contributed by atoms with Gasteiger partial charge in [0.15, 0.2) is 6.54 Å². The molecule has 0 bridgehead atoms. The van der Waals surface area contributed by atoms with Crippen molar-refractivity contribution in [3.8, 4) is 0 Å². The number of carbonyl (C=O) groups is 1. The molecule has 3 rings (SSSR count). The summed E-state index contributed by atoms with van der Waals surface area (Å²) in [4.78, 5) is 15.2. The Morgan fingerprint density at radius 2 is 1.68 bits per heavy atom. The maximum Gasteiger partial charge on any atom is 0.275 e. The van der Waals surface area contributed by atoms with E-state index in [1.54, 1.807) is 4.90 Å². The van der Waals surface area contributed by atoms with Gasteiger partial charge < -0.3 is 19.9 Å². The minimum atomic E-state index is 0.173. The second kappa shape index (κ2) is 9.32. The second-order valence-electron chi connectivity index (χ2n) is 7.74. The predicted molar refractivity (Wildman–Crippen MR) is 97.5 cm³/mol. The molecule has 0 aromatic heterocycles. The van der Waals surface area contributed by atoms with Crippen molar-refractivity contribution in [2.24, 2.45) is 5.92 Å². The average Bonchev–Trinajstić information content (AvgIpc) is 2.64. The number of quaternary nitrogens is 2. The molecule has 2 heterocycles. The number of likely N-dealkylation sites (tertiary alicyclic amines) is 1. The summed E-state index contributed by atoms with van der Waals surface area (Å²) in [7, 11) is 0. The minimum absolute atomic E-state index is 0.173. The molecule has 0 spiro atoms. The molecule has 25 heavy (non-hydrogen) atoms. The molecule has 0 unspecified atom stereocenters. The van der Waals surface area contributed by atoms with E-state index in [-0.39, 0.29) is 5.91 Å². The van der Waals surface area contributed by atoms with Crippen molar-refractivity contribution in [2.75, 3.05) is 45.9 Å². The van der Waals surface area contributed by atoms with E-state index < -0.39 is 0 Å². The number of benzene rings is 1. The summed E-state index contributed by atoms with van der Waals surface area (Å²) < 4.78 is 5.41. The van der Waals surface area contributed by atoms with Crippen LogP contribution in [0.3, 0.4) is 0 Å². The van der Waals surface area contributed by atoms with E-state index >= 15 is 0 Å². The zero-order chi connectivity index (χ0) is 17.5. The number of piperidine rings is 1. The van der Waals surface area contributed by atoms with Crippen LogP contribution in [0.2, 0.25) is 0 Å². The molecule has 0 radical (unpaired) electrons. The van der Waals surface area contributed by atoms with Crippen molar-refractivity contribution < 1.29 is 19.3 Å². The fourth-order valence-electron chi connectivity index (χ4n) is 3.74. The molecule has 5 nitrogen and oxygen atoms in total. The highest BCUT2D eigenvalue weighted by atomic mass is 16.5. The molecule has 2 aliphatic heterocycles. The van der Waals surface area contributed by atoms with E-state index in [1.165, 1.54) is 28.9 Å². The van der Waals surface area contributed by atoms with Crippen LogP contribution in [0.4, 0.5) is 0 Å². The summed E-state index contributed by atoms with van der Waals surface area (Å²) in [6.07, 6.45) is 2.49. The third kappa shape index (κ3) is 6.10. The van der Waals surface area contributed by atoms with Crippen LogP contribution in [0, 0.1) is 5.92 Å². The van der Waals surface area contributed by atoms with Crippen LogP contribution in [0.5, 0.6) is 0 Å². The summed E-state index contributed by atoms with van der Waals surface area (Å²) in [5.41, 5.74) is 2.54. The van der Waals surface area contributed by atoms with Gasteiger partial charge in [-0.15, -0.1) is 0 Å². The van der Waals surface area contributed by atoms with Crippen molar-refractivity contribution in [3.05, 3.63) is 35.4 Å². The standard InChI is InChI=1S/C20H31N3O2/c1-17-6-8-22(9-7-17)16-20(24)21-14-18-2-4-19(5-3-18)15-23-10-12-25-13-11-23/h2-5,17H,6-16H2,1H3,(H,21,24)/p+2. The molecular weight excluding hydrogens is 314 g/mol. The Hall–Kier alpha value is -1.43. The van der Waals surface area contributed by atoms with Crippen LogP contribution in [0.15, 0.2) is 24.3 Å². The van der Waals surface area contributed by atoms with Crippen LogP contribution in [0.25, 0.3) is 0 Å². The van der Waals surface area contributed by atoms with Gasteiger partial charge in [0.25, 0.3) is 5.91 Å². The van der Waals surface area contributed by atoms with Crippen molar-refractivity contribution >= 4 is 5.91 Å². The molecule has 1 aromatic rings. The molecule has 5 heteroatoms. The lowest BCUT2D eigenvalue weighted by molar-refractivity contribution is -0.921. The second-order valence-corrected chi connectivity index (χ2v) is 7.74. The monoisotopic (exact) mass is 347 g/mol. The third-order valence-electron chi connectivity index (χ3n) is 5.56. The summed E-state index contributed by atoms with van der Waals surface area (Å²) in [6, 6.07) is 8.68. The van der Waals surface area contributed by atoms with E-state index in [2.05, 4.69) is 36.5 Å². The lowest BCUT2D eigenvalue weighted by atomic mass is 9.99. The van der Waals surface area contributed by atoms with Gasteiger partial charge in [-0.1, -0.05) is 31.2 Å². The van der Waals surface area contributed by atoms with Gasteiger partial charge in [-0.25, -0.2) is 0 Å². The van der Waals surface area contributed by atoms with Gasteiger partial charge in [0, 0.05) is 12.1 Å². The van der Waals surface area contributed by atoms with E-state index in [0.29, 0.717) is 13.1 Å². The number of rotatable bonds is 6. The molecular formula is C20H33N3O2+2. The smallest absolute Gasteiger partial charge is 0.275 e. The van der Waals surface area contributed by atoms with Gasteiger partial charge in [-0.2, -0.15) is 0 Å². The summed E-state index contributed by atoms with van der Waals surface area (Å²) >= 11 is 0. The number of ether oxygens (including phenoxy) is 1. The topological polar surface area (TPSA) is 47.2 Å². The number of hydrogen-bond acceptors (Lipinski definition) is 2. The van der Waals surface area contributed by atoms with Crippen LogP contribution < -0.4 is 15.1 Å². The van der Waals surface area contributed by atoms with E-state index in [0.717, 1.165) is 51.9 Å². The summed E-state index contributed by atoms with van der Waals surface area (Å²) in [6.45, 7) is 10.8. The third-order valence-corrected chi connectivity index (χ3v) is 5.56. The van der Waals surface area contributed by atoms with Gasteiger partial charge in [0.2, 0.25) is 0 Å². The number of carbonyl (C=O) groups excluding carboxylic acids is 1. The zero-order valence-corrected chi connectivity index (χ0v) is 15.5. The van der Waals surface area contributed by atoms with Gasteiger partial charge in [0.1, 0.15) is 19.6 Å². The maximum atomic E-state index is 12.1. The largest absolute Gasteiger partial charge is 0.370 e. The summed E-state index contributed by atoms with van der Waals surface area (Å²) in [5.74, 6) is 0.996. The fourth-order valence-corrected chi connectivity index (χ4v) is 3.74. The first kappa shape index (κ1) is 18.4.